The van der Waals surface area contributed by atoms with Gasteiger partial charge in [-0.25, -0.2) is 4.98 Å². The van der Waals surface area contributed by atoms with Gasteiger partial charge in [-0.3, -0.25) is 0 Å². The van der Waals surface area contributed by atoms with Gasteiger partial charge in [0.05, 0.1) is 39.6 Å². The molecular weight excluding hydrogens is 1240 g/mol. The zero-order valence-electron chi connectivity index (χ0n) is 63.5. The second-order valence-electron chi connectivity index (χ2n) is 27.5. The number of ether oxygens (including phenoxy) is 3. The van der Waals surface area contributed by atoms with Crippen LogP contribution in [0.4, 0.5) is 45.6 Å². The van der Waals surface area contributed by atoms with Crippen LogP contribution in [0, 0.1) is 55.4 Å². The first-order valence-corrected chi connectivity index (χ1v) is 36.4. The van der Waals surface area contributed by atoms with Gasteiger partial charge in [0.1, 0.15) is 5.82 Å². The van der Waals surface area contributed by atoms with Crippen LogP contribution in [-0.2, 0) is 14.2 Å². The van der Waals surface area contributed by atoms with Gasteiger partial charge in [-0.2, -0.15) is 0 Å². The normalized spacial score (nSPS) is 16.2. The number of aryl methyl sites for hydroxylation is 8. The molecule has 14 rings (SSSR count). The molecule has 1 aromatic heterocycles. The Morgan fingerprint density at radius 2 is 0.610 bits per heavy atom. The molecule has 0 aliphatic carbocycles. The molecule has 6 fully saturated rings. The largest absolute Gasteiger partial charge is 0.378 e. The van der Waals surface area contributed by atoms with Crippen molar-refractivity contribution in [3.05, 3.63) is 233 Å². The minimum absolute atomic E-state index is 0.815. The lowest BCUT2D eigenvalue weighted by molar-refractivity contribution is 0.122. The average Bonchev–Trinajstić information content (AvgIpc) is 1.34. The number of pyridine rings is 1. The number of hydrogen-bond acceptors (Lipinski definition) is 15. The predicted molar refractivity (Wildman–Crippen MR) is 429 cm³/mol. The van der Waals surface area contributed by atoms with E-state index in [1.54, 1.807) is 0 Å². The highest BCUT2D eigenvalue weighted by atomic mass is 16.5. The lowest BCUT2D eigenvalue weighted by atomic mass is 10.2. The second kappa shape index (κ2) is 43.5. The molecule has 6 saturated heterocycles. The van der Waals surface area contributed by atoms with Crippen molar-refractivity contribution in [1.82, 2.24) is 20.1 Å². The first-order valence-electron chi connectivity index (χ1n) is 36.4. The molecule has 8 aromatic rings. The Bertz CT molecular complexity index is 3320. The van der Waals surface area contributed by atoms with Crippen molar-refractivity contribution in [1.29, 1.82) is 0 Å². The smallest absolute Gasteiger partial charge is 0.128 e. The van der Waals surface area contributed by atoms with Gasteiger partial charge in [-0.05, 0) is 183 Å². The molecule has 540 valence electrons. The fraction of sp³-hybridized carbons (Fsp3) is 0.447. The molecule has 0 atom stereocenters. The first kappa shape index (κ1) is 79.2. The summed E-state index contributed by atoms with van der Waals surface area (Å²) in [6.45, 7) is 41.7. The van der Waals surface area contributed by atoms with Gasteiger partial charge in [0.15, 0.2) is 0 Å². The predicted octanol–water partition coefficient (Wildman–Crippen LogP) is 13.9. The van der Waals surface area contributed by atoms with Crippen molar-refractivity contribution in [3.63, 3.8) is 0 Å². The summed E-state index contributed by atoms with van der Waals surface area (Å²) >= 11 is 0. The Hall–Kier alpha value is -8.15. The zero-order valence-corrected chi connectivity index (χ0v) is 63.5. The maximum atomic E-state index is 5.31. The second-order valence-corrected chi connectivity index (χ2v) is 27.5. The van der Waals surface area contributed by atoms with E-state index in [0.717, 1.165) is 137 Å². The topological polar surface area (TPSA) is 85.0 Å². The average molecular weight is 1360 g/mol. The molecule has 15 nitrogen and oxygen atoms in total. The molecule has 0 saturated carbocycles. The van der Waals surface area contributed by atoms with Gasteiger partial charge in [-0.15, -0.1) is 0 Å². The number of nitrogens with zero attached hydrogens (tertiary/aromatic N) is 11. The molecule has 1 N–H and O–H groups in total. The molecule has 0 unspecified atom stereocenters. The Labute approximate surface area is 603 Å². The number of likely N-dealkylation sites (N-methyl/N-ethyl adjacent to an activating group) is 2. The third-order valence-electron chi connectivity index (χ3n) is 18.4. The van der Waals surface area contributed by atoms with Crippen molar-refractivity contribution in [2.24, 2.45) is 0 Å². The van der Waals surface area contributed by atoms with Crippen molar-refractivity contribution in [3.8, 4) is 0 Å². The van der Waals surface area contributed by atoms with Gasteiger partial charge in [0.2, 0.25) is 0 Å². The molecule has 100 heavy (non-hydrogen) atoms. The summed E-state index contributed by atoms with van der Waals surface area (Å²) in [4.78, 5) is 27.7. The van der Waals surface area contributed by atoms with Crippen LogP contribution in [0.5, 0.6) is 0 Å². The third-order valence-corrected chi connectivity index (χ3v) is 18.4. The van der Waals surface area contributed by atoms with Crippen LogP contribution in [0.25, 0.3) is 0 Å². The third kappa shape index (κ3) is 29.2. The molecule has 7 heterocycles. The summed E-state index contributed by atoms with van der Waals surface area (Å²) in [5, 5.41) is 3.35. The van der Waals surface area contributed by atoms with Crippen LogP contribution in [-0.4, -0.2) is 215 Å². The summed E-state index contributed by atoms with van der Waals surface area (Å²) in [6, 6.07) is 64.8. The standard InChI is InChI=1S/2C12H18N2.C11H16N2.2C11H15NO.C10H14N2O.2C9H13N/c1-11-3-5-12(6-4-11)14-9-7-13(2)8-10-14;1-11-4-3-5-12(10-11)14-8-6-13(2)7-9-14;1-10-2-4-11(5-3-10)13-8-6-12-7-9-13;1-10-2-4-11(5-3-10)12-6-8-13-9-7-12;1-10-3-2-4-11(9-10)12-5-7-13-8-6-12;1-9-2-3-10(11-8-9)12-4-6-13-7-5-12;1-8-4-6-9(7-5-8)10(2)3;1-8-5-4-6-9(7-8)10(2)3/h3-6H,7-10H2,1-2H3;3-5,10H,6-9H2,1-2H3;2-5,12H,6-9H2,1H3;2-5H,6-9H2,1H3;2-4,9H,5-8H2,1H3;2-3,8H,4-7H2,1H3;2*4-7H,1-3H3. The zero-order chi connectivity index (χ0) is 71.4. The van der Waals surface area contributed by atoms with E-state index in [4.69, 9.17) is 14.2 Å². The Balaban J connectivity index is 0.000000161. The van der Waals surface area contributed by atoms with Crippen LogP contribution in [0.15, 0.2) is 188 Å². The number of aromatic nitrogens is 1. The van der Waals surface area contributed by atoms with Crippen LogP contribution in [0.1, 0.15) is 44.5 Å². The molecule has 7 aromatic carbocycles. The van der Waals surface area contributed by atoms with Gasteiger partial charge >= 0.3 is 0 Å². The van der Waals surface area contributed by atoms with Gasteiger partial charge in [0, 0.05) is 192 Å². The molecule has 6 aliphatic rings. The van der Waals surface area contributed by atoms with E-state index < -0.39 is 0 Å². The van der Waals surface area contributed by atoms with Crippen molar-refractivity contribution in [2.45, 2.75) is 55.4 Å². The van der Waals surface area contributed by atoms with E-state index >= 15 is 0 Å². The monoisotopic (exact) mass is 1360 g/mol. The molecule has 6 aliphatic heterocycles. The summed E-state index contributed by atoms with van der Waals surface area (Å²) in [7, 11) is 12.6. The van der Waals surface area contributed by atoms with E-state index in [0.29, 0.717) is 0 Å². The number of nitrogens with one attached hydrogen (secondary N) is 1. The number of morpholine rings is 3. The fourth-order valence-electron chi connectivity index (χ4n) is 11.8. The molecule has 0 spiro atoms. The lowest BCUT2D eigenvalue weighted by Gasteiger charge is -2.34. The molecule has 0 radical (unpaired) electrons. The highest BCUT2D eigenvalue weighted by molar-refractivity contribution is 5.53. The maximum Gasteiger partial charge on any atom is 0.128 e. The maximum absolute atomic E-state index is 5.31. The SMILES string of the molecule is Cc1ccc(N(C)C)cc1.Cc1ccc(N2CCN(C)CC2)cc1.Cc1ccc(N2CCNCC2)cc1.Cc1ccc(N2CCOCC2)cc1.Cc1ccc(N2CCOCC2)nc1.Cc1cccc(N(C)C)c1.Cc1cccc(N2CCN(C)CC2)c1.Cc1cccc(N2CCOCC2)c1. The van der Waals surface area contributed by atoms with E-state index in [2.05, 4.69) is 325 Å². The van der Waals surface area contributed by atoms with Crippen LogP contribution < -0.4 is 44.5 Å². The highest BCUT2D eigenvalue weighted by Crippen LogP contribution is 2.22. The summed E-state index contributed by atoms with van der Waals surface area (Å²) in [6.07, 6.45) is 1.91. The Morgan fingerprint density at radius 1 is 0.290 bits per heavy atom. The van der Waals surface area contributed by atoms with Crippen LogP contribution >= 0.6 is 0 Å². The van der Waals surface area contributed by atoms with E-state index in [1.165, 1.54) is 110 Å². The molecule has 15 heteroatoms. The highest BCUT2D eigenvalue weighted by Gasteiger charge is 2.17. The summed E-state index contributed by atoms with van der Waals surface area (Å²) < 4.78 is 15.9. The van der Waals surface area contributed by atoms with Crippen LogP contribution in [0.2, 0.25) is 0 Å². The van der Waals surface area contributed by atoms with Crippen molar-refractivity contribution < 1.29 is 14.2 Å². The first-order chi connectivity index (χ1) is 48.3. The van der Waals surface area contributed by atoms with Crippen molar-refractivity contribution >= 4 is 45.6 Å². The fourth-order valence-corrected chi connectivity index (χ4v) is 11.8. The number of anilines is 8. The minimum Gasteiger partial charge on any atom is -0.378 e. The van der Waals surface area contributed by atoms with Gasteiger partial charge in [0.25, 0.3) is 0 Å². The number of rotatable bonds is 8. The van der Waals surface area contributed by atoms with E-state index in [-0.39, 0.29) is 0 Å². The minimum atomic E-state index is 0.815. The number of hydrogen-bond donors (Lipinski definition) is 1. The number of piperazine rings is 3. The quantitative estimate of drug-likeness (QED) is 0.157. The van der Waals surface area contributed by atoms with E-state index in [9.17, 15) is 0 Å². The van der Waals surface area contributed by atoms with Gasteiger partial charge < -0.3 is 68.5 Å². The summed E-state index contributed by atoms with van der Waals surface area (Å²) in [5.41, 5.74) is 19.7. The van der Waals surface area contributed by atoms with Crippen molar-refractivity contribution in [2.75, 3.05) is 239 Å². The van der Waals surface area contributed by atoms with Gasteiger partial charge in [-0.1, -0.05) is 113 Å². The molecular formula is C85H122N12O3. The molecule has 0 amide bonds. The lowest BCUT2D eigenvalue weighted by Crippen LogP contribution is -2.44. The Kier molecular flexibility index (Phi) is 34.4. The number of benzene rings is 7. The molecule has 0 bridgehead atoms. The van der Waals surface area contributed by atoms with Crippen LogP contribution in [0.3, 0.4) is 0 Å². The van der Waals surface area contributed by atoms with E-state index in [1.807, 2.05) is 20.3 Å². The summed E-state index contributed by atoms with van der Waals surface area (Å²) in [5.74, 6) is 1.06. The Morgan fingerprint density at radius 3 is 0.960 bits per heavy atom.